The second-order valence-corrected chi connectivity index (χ2v) is 5.00. The zero-order chi connectivity index (χ0) is 13.0. The van der Waals surface area contributed by atoms with Crippen molar-refractivity contribution in [1.29, 1.82) is 0 Å². The highest BCUT2D eigenvalue weighted by Crippen LogP contribution is 2.17. The van der Waals surface area contributed by atoms with Crippen LogP contribution in [0.4, 0.5) is 10.5 Å². The molecule has 1 fully saturated rings. The molecule has 4 heteroatoms. The van der Waals surface area contributed by atoms with E-state index in [0.29, 0.717) is 6.54 Å². The van der Waals surface area contributed by atoms with Crippen molar-refractivity contribution in [2.75, 3.05) is 18.4 Å². The van der Waals surface area contributed by atoms with Crippen LogP contribution in [0, 0.1) is 5.92 Å². The molecule has 0 bridgehead atoms. The van der Waals surface area contributed by atoms with Gasteiger partial charge in [-0.05, 0) is 36.5 Å². The predicted molar refractivity (Wildman–Crippen MR) is 73.3 cm³/mol. The topological polar surface area (TPSA) is 58.4 Å². The van der Waals surface area contributed by atoms with E-state index in [9.17, 15) is 4.79 Å². The summed E-state index contributed by atoms with van der Waals surface area (Å²) in [5.41, 5.74) is 7.43. The van der Waals surface area contributed by atoms with E-state index in [1.54, 1.807) is 0 Å². The van der Waals surface area contributed by atoms with E-state index in [0.717, 1.165) is 43.1 Å². The highest BCUT2D eigenvalue weighted by molar-refractivity contribution is 5.89. The number of piperidine rings is 1. The SMILES string of the molecule is CC1CCN(C(=O)Nc2cccc(CN)c2)CC1. The minimum absolute atomic E-state index is 0.00364. The highest BCUT2D eigenvalue weighted by atomic mass is 16.2. The third-order valence-corrected chi connectivity index (χ3v) is 3.48. The molecule has 1 aromatic rings. The predicted octanol–water partition coefficient (Wildman–Crippen LogP) is 2.41. The summed E-state index contributed by atoms with van der Waals surface area (Å²) in [6.07, 6.45) is 2.19. The minimum Gasteiger partial charge on any atom is -0.326 e. The van der Waals surface area contributed by atoms with Gasteiger partial charge in [-0.1, -0.05) is 19.1 Å². The van der Waals surface area contributed by atoms with E-state index in [1.807, 2.05) is 29.2 Å². The fourth-order valence-corrected chi connectivity index (χ4v) is 2.19. The molecule has 1 aromatic carbocycles. The molecule has 3 N–H and O–H groups in total. The van der Waals surface area contributed by atoms with Crippen LogP contribution in [0.25, 0.3) is 0 Å². The highest BCUT2D eigenvalue weighted by Gasteiger charge is 2.20. The van der Waals surface area contributed by atoms with Gasteiger partial charge >= 0.3 is 6.03 Å². The third kappa shape index (κ3) is 3.23. The fourth-order valence-electron chi connectivity index (χ4n) is 2.19. The van der Waals surface area contributed by atoms with Gasteiger partial charge in [-0.25, -0.2) is 4.79 Å². The Morgan fingerprint density at radius 1 is 1.44 bits per heavy atom. The van der Waals surface area contributed by atoms with Crippen LogP contribution in [0.5, 0.6) is 0 Å². The van der Waals surface area contributed by atoms with Gasteiger partial charge in [-0.3, -0.25) is 0 Å². The van der Waals surface area contributed by atoms with Crippen LogP contribution in [0.15, 0.2) is 24.3 Å². The van der Waals surface area contributed by atoms with Crippen LogP contribution in [-0.4, -0.2) is 24.0 Å². The summed E-state index contributed by atoms with van der Waals surface area (Å²) in [7, 11) is 0. The molecule has 1 aliphatic rings. The van der Waals surface area contributed by atoms with Gasteiger partial charge in [-0.15, -0.1) is 0 Å². The van der Waals surface area contributed by atoms with E-state index >= 15 is 0 Å². The van der Waals surface area contributed by atoms with E-state index in [4.69, 9.17) is 5.73 Å². The van der Waals surface area contributed by atoms with E-state index in [2.05, 4.69) is 12.2 Å². The zero-order valence-corrected chi connectivity index (χ0v) is 10.9. The van der Waals surface area contributed by atoms with Crippen molar-refractivity contribution in [2.24, 2.45) is 11.7 Å². The number of carbonyl (C=O) groups excluding carboxylic acids is 1. The number of anilines is 1. The van der Waals surface area contributed by atoms with Crippen molar-refractivity contribution in [3.8, 4) is 0 Å². The number of carbonyl (C=O) groups is 1. The number of benzene rings is 1. The number of nitrogens with zero attached hydrogens (tertiary/aromatic N) is 1. The summed E-state index contributed by atoms with van der Waals surface area (Å²) in [4.78, 5) is 13.9. The number of nitrogens with two attached hydrogens (primary N) is 1. The average molecular weight is 247 g/mol. The molecule has 98 valence electrons. The molecule has 1 saturated heterocycles. The summed E-state index contributed by atoms with van der Waals surface area (Å²) in [5, 5.41) is 2.93. The first-order valence-corrected chi connectivity index (χ1v) is 6.54. The minimum atomic E-state index is -0.00364. The Balaban J connectivity index is 1.94. The van der Waals surface area contributed by atoms with Crippen molar-refractivity contribution >= 4 is 11.7 Å². The molecule has 0 spiro atoms. The normalized spacial score (nSPS) is 16.7. The maximum Gasteiger partial charge on any atom is 0.321 e. The second kappa shape index (κ2) is 5.87. The Morgan fingerprint density at radius 2 is 2.17 bits per heavy atom. The van der Waals surface area contributed by atoms with Crippen LogP contribution >= 0.6 is 0 Å². The van der Waals surface area contributed by atoms with Crippen molar-refractivity contribution in [3.05, 3.63) is 29.8 Å². The van der Waals surface area contributed by atoms with Gasteiger partial charge in [0, 0.05) is 25.3 Å². The first-order chi connectivity index (χ1) is 8.69. The number of rotatable bonds is 2. The molecule has 0 unspecified atom stereocenters. The van der Waals surface area contributed by atoms with Crippen molar-refractivity contribution < 1.29 is 4.79 Å². The number of hydrogen-bond acceptors (Lipinski definition) is 2. The van der Waals surface area contributed by atoms with Crippen molar-refractivity contribution in [2.45, 2.75) is 26.3 Å². The van der Waals surface area contributed by atoms with Crippen LogP contribution in [-0.2, 0) is 6.54 Å². The first kappa shape index (κ1) is 12.9. The number of likely N-dealkylation sites (tertiary alicyclic amines) is 1. The summed E-state index contributed by atoms with van der Waals surface area (Å²) >= 11 is 0. The van der Waals surface area contributed by atoms with Crippen LogP contribution < -0.4 is 11.1 Å². The molecule has 2 amide bonds. The average Bonchev–Trinajstić information content (AvgIpc) is 2.39. The fraction of sp³-hybridized carbons (Fsp3) is 0.500. The van der Waals surface area contributed by atoms with Gasteiger partial charge in [0.05, 0.1) is 0 Å². The van der Waals surface area contributed by atoms with Gasteiger partial charge in [0.15, 0.2) is 0 Å². The quantitative estimate of drug-likeness (QED) is 0.843. The number of amides is 2. The largest absolute Gasteiger partial charge is 0.326 e. The van der Waals surface area contributed by atoms with Gasteiger partial charge in [-0.2, -0.15) is 0 Å². The molecule has 0 atom stereocenters. The maximum atomic E-state index is 12.1. The first-order valence-electron chi connectivity index (χ1n) is 6.54. The van der Waals surface area contributed by atoms with Crippen LogP contribution in [0.1, 0.15) is 25.3 Å². The lowest BCUT2D eigenvalue weighted by molar-refractivity contribution is 0.186. The van der Waals surface area contributed by atoms with E-state index < -0.39 is 0 Å². The van der Waals surface area contributed by atoms with Crippen molar-refractivity contribution in [1.82, 2.24) is 4.90 Å². The molecule has 2 rings (SSSR count). The Bertz CT molecular complexity index is 411. The number of hydrogen-bond donors (Lipinski definition) is 2. The Hall–Kier alpha value is -1.55. The lowest BCUT2D eigenvalue weighted by atomic mass is 10.00. The molecule has 0 saturated carbocycles. The standard InChI is InChI=1S/C14H21N3O/c1-11-5-7-17(8-6-11)14(18)16-13-4-2-3-12(9-13)10-15/h2-4,9,11H,5-8,10,15H2,1H3,(H,16,18). The molecular formula is C14H21N3O. The van der Waals surface area contributed by atoms with E-state index in [-0.39, 0.29) is 6.03 Å². The summed E-state index contributed by atoms with van der Waals surface area (Å²) in [6.45, 7) is 4.43. The molecular weight excluding hydrogens is 226 g/mol. The van der Waals surface area contributed by atoms with Crippen molar-refractivity contribution in [3.63, 3.8) is 0 Å². The van der Waals surface area contributed by atoms with Crippen LogP contribution in [0.2, 0.25) is 0 Å². The molecule has 0 radical (unpaired) electrons. The zero-order valence-electron chi connectivity index (χ0n) is 10.9. The van der Waals surface area contributed by atoms with Gasteiger partial charge < -0.3 is 16.0 Å². The monoisotopic (exact) mass is 247 g/mol. The maximum absolute atomic E-state index is 12.1. The summed E-state index contributed by atoms with van der Waals surface area (Å²) in [6, 6.07) is 7.68. The third-order valence-electron chi connectivity index (χ3n) is 3.48. The Kier molecular flexibility index (Phi) is 4.20. The van der Waals surface area contributed by atoms with Gasteiger partial charge in [0.25, 0.3) is 0 Å². The second-order valence-electron chi connectivity index (χ2n) is 5.00. The molecule has 4 nitrogen and oxygen atoms in total. The molecule has 1 aliphatic heterocycles. The number of nitrogens with one attached hydrogen (secondary N) is 1. The number of urea groups is 1. The Labute approximate surface area is 108 Å². The molecule has 1 heterocycles. The Morgan fingerprint density at radius 3 is 2.83 bits per heavy atom. The van der Waals surface area contributed by atoms with Gasteiger partial charge in [0.1, 0.15) is 0 Å². The van der Waals surface area contributed by atoms with E-state index in [1.165, 1.54) is 0 Å². The summed E-state index contributed by atoms with van der Waals surface area (Å²) < 4.78 is 0. The van der Waals surface area contributed by atoms with Gasteiger partial charge in [0.2, 0.25) is 0 Å². The lowest BCUT2D eigenvalue weighted by Gasteiger charge is -2.30. The summed E-state index contributed by atoms with van der Waals surface area (Å²) in [5.74, 6) is 0.731. The lowest BCUT2D eigenvalue weighted by Crippen LogP contribution is -2.40. The molecule has 18 heavy (non-hydrogen) atoms. The smallest absolute Gasteiger partial charge is 0.321 e. The molecule has 0 aromatic heterocycles. The molecule has 0 aliphatic carbocycles. The van der Waals surface area contributed by atoms with Crippen LogP contribution in [0.3, 0.4) is 0 Å².